The first-order chi connectivity index (χ1) is 16.1. The third-order valence-corrected chi connectivity index (χ3v) is 6.14. The summed E-state index contributed by atoms with van der Waals surface area (Å²) in [6.45, 7) is 1.51. The molecular weight excluding hydrogens is 442 g/mol. The van der Waals surface area contributed by atoms with E-state index >= 15 is 0 Å². The van der Waals surface area contributed by atoms with Crippen molar-refractivity contribution < 1.29 is 23.8 Å². The van der Waals surface area contributed by atoms with E-state index in [0.29, 0.717) is 56.4 Å². The molecule has 8 nitrogen and oxygen atoms in total. The predicted molar refractivity (Wildman–Crippen MR) is 125 cm³/mol. The quantitative estimate of drug-likeness (QED) is 0.506. The van der Waals surface area contributed by atoms with Gasteiger partial charge in [0.25, 0.3) is 0 Å². The van der Waals surface area contributed by atoms with Crippen molar-refractivity contribution in [2.24, 2.45) is 0 Å². The number of nitrogens with one attached hydrogen (secondary N) is 2. The molecule has 0 aliphatic carbocycles. The summed E-state index contributed by atoms with van der Waals surface area (Å²) >= 11 is 1.38. The molecule has 0 saturated heterocycles. The number of carbonyl (C=O) groups excluding carboxylic acids is 2. The zero-order valence-electron chi connectivity index (χ0n) is 17.9. The Morgan fingerprint density at radius 3 is 2.91 bits per heavy atom. The predicted octanol–water partition coefficient (Wildman–Crippen LogP) is 4.26. The number of ether oxygens (including phenoxy) is 3. The second-order valence-electron chi connectivity index (χ2n) is 7.76. The van der Waals surface area contributed by atoms with Gasteiger partial charge in [0.05, 0.1) is 12.3 Å². The molecule has 0 radical (unpaired) electrons. The molecule has 2 N–H and O–H groups in total. The van der Waals surface area contributed by atoms with Crippen LogP contribution in [0.4, 0.5) is 10.8 Å². The van der Waals surface area contributed by atoms with Gasteiger partial charge in [-0.05, 0) is 54.8 Å². The molecule has 0 unspecified atom stereocenters. The summed E-state index contributed by atoms with van der Waals surface area (Å²) in [5.41, 5.74) is 3.60. The molecule has 2 amide bonds. The average molecular weight is 466 g/mol. The highest BCUT2D eigenvalue weighted by atomic mass is 32.1. The summed E-state index contributed by atoms with van der Waals surface area (Å²) in [5, 5.41) is 8.17. The van der Waals surface area contributed by atoms with Crippen LogP contribution in [-0.2, 0) is 16.0 Å². The van der Waals surface area contributed by atoms with Crippen LogP contribution in [-0.4, -0.2) is 36.6 Å². The molecule has 170 valence electrons. The highest BCUT2D eigenvalue weighted by molar-refractivity contribution is 7.14. The van der Waals surface area contributed by atoms with E-state index in [4.69, 9.17) is 14.2 Å². The van der Waals surface area contributed by atoms with Gasteiger partial charge in [0.15, 0.2) is 16.6 Å². The first kappa shape index (κ1) is 21.3. The van der Waals surface area contributed by atoms with E-state index in [2.05, 4.69) is 15.6 Å². The number of benzene rings is 2. The van der Waals surface area contributed by atoms with Crippen LogP contribution < -0.4 is 24.8 Å². The monoisotopic (exact) mass is 465 g/mol. The Hall–Kier alpha value is -3.59. The van der Waals surface area contributed by atoms with E-state index in [1.807, 2.05) is 41.8 Å². The first-order valence-electron chi connectivity index (χ1n) is 10.8. The Balaban J connectivity index is 1.09. The molecular formula is C24H23N3O5S. The maximum absolute atomic E-state index is 12.3. The van der Waals surface area contributed by atoms with Crippen LogP contribution in [0.15, 0.2) is 41.8 Å². The van der Waals surface area contributed by atoms with Gasteiger partial charge in [0.1, 0.15) is 19.0 Å². The Kier molecular flexibility index (Phi) is 6.12. The van der Waals surface area contributed by atoms with Gasteiger partial charge >= 0.3 is 0 Å². The van der Waals surface area contributed by atoms with Gasteiger partial charge in [-0.25, -0.2) is 4.98 Å². The van der Waals surface area contributed by atoms with E-state index in [9.17, 15) is 9.59 Å². The average Bonchev–Trinajstić information content (AvgIpc) is 3.30. The minimum Gasteiger partial charge on any atom is -0.494 e. The Morgan fingerprint density at radius 1 is 1.12 bits per heavy atom. The van der Waals surface area contributed by atoms with E-state index in [1.165, 1.54) is 11.3 Å². The van der Waals surface area contributed by atoms with Crippen molar-refractivity contribution in [3.63, 3.8) is 0 Å². The smallest absolute Gasteiger partial charge is 0.226 e. The number of carbonyl (C=O) groups is 2. The number of hydrogen-bond acceptors (Lipinski definition) is 7. The fourth-order valence-electron chi connectivity index (χ4n) is 3.72. The van der Waals surface area contributed by atoms with Crippen LogP contribution in [0.25, 0.3) is 11.3 Å². The van der Waals surface area contributed by atoms with Gasteiger partial charge in [-0.1, -0.05) is 0 Å². The maximum Gasteiger partial charge on any atom is 0.226 e. The lowest BCUT2D eigenvalue weighted by Gasteiger charge is -2.18. The largest absolute Gasteiger partial charge is 0.494 e. The zero-order valence-corrected chi connectivity index (χ0v) is 18.7. The van der Waals surface area contributed by atoms with Crippen LogP contribution in [0, 0.1) is 0 Å². The summed E-state index contributed by atoms with van der Waals surface area (Å²) in [6, 6.07) is 11.3. The minimum absolute atomic E-state index is 0.0424. The SMILES string of the molecule is O=C(CCCOc1ccc2c(c1)CCC(=O)N2)Nc1nc(-c2ccc3c(c2)OCCO3)cs1. The topological polar surface area (TPSA) is 98.8 Å². The van der Waals surface area contributed by atoms with Gasteiger partial charge < -0.3 is 24.8 Å². The first-order valence-corrected chi connectivity index (χ1v) is 11.7. The molecule has 9 heteroatoms. The summed E-state index contributed by atoms with van der Waals surface area (Å²) < 4.78 is 17.0. The van der Waals surface area contributed by atoms with Crippen LogP contribution in [0.5, 0.6) is 17.2 Å². The highest BCUT2D eigenvalue weighted by Gasteiger charge is 2.16. The molecule has 3 aromatic rings. The third kappa shape index (κ3) is 5.09. The van der Waals surface area contributed by atoms with Crippen LogP contribution in [0.3, 0.4) is 0 Å². The van der Waals surface area contributed by atoms with Gasteiger partial charge in [-0.15, -0.1) is 11.3 Å². The van der Waals surface area contributed by atoms with Gasteiger partial charge in [-0.3, -0.25) is 9.59 Å². The number of anilines is 2. The van der Waals surface area contributed by atoms with E-state index < -0.39 is 0 Å². The fraction of sp³-hybridized carbons (Fsp3) is 0.292. The van der Waals surface area contributed by atoms with Crippen molar-refractivity contribution in [3.8, 4) is 28.5 Å². The normalized spacial score (nSPS) is 14.2. The van der Waals surface area contributed by atoms with Crippen LogP contribution >= 0.6 is 11.3 Å². The molecule has 0 bridgehead atoms. The van der Waals surface area contributed by atoms with Crippen molar-refractivity contribution in [2.45, 2.75) is 25.7 Å². The minimum atomic E-state index is -0.102. The summed E-state index contributed by atoms with van der Waals surface area (Å²) in [7, 11) is 0. The molecule has 3 heterocycles. The molecule has 33 heavy (non-hydrogen) atoms. The third-order valence-electron chi connectivity index (χ3n) is 5.38. The van der Waals surface area contributed by atoms with E-state index in [1.54, 1.807) is 0 Å². The standard InChI is InChI=1S/C24H23N3O5S/c28-22(2-1-9-30-17-5-6-18-15(12-17)4-8-23(29)25-18)27-24-26-19(14-33-24)16-3-7-20-21(13-16)32-11-10-31-20/h3,5-7,12-14H,1-2,4,8-11H2,(H,25,29)(H,26,27,28). The van der Waals surface area contributed by atoms with Gasteiger partial charge in [-0.2, -0.15) is 0 Å². The molecule has 0 saturated carbocycles. The van der Waals surface area contributed by atoms with E-state index in [-0.39, 0.29) is 11.8 Å². The number of hydrogen-bond donors (Lipinski definition) is 2. The van der Waals surface area contributed by atoms with Gasteiger partial charge in [0.2, 0.25) is 11.8 Å². The maximum atomic E-state index is 12.3. The van der Waals surface area contributed by atoms with Crippen LogP contribution in [0.1, 0.15) is 24.8 Å². The van der Waals surface area contributed by atoms with Crippen molar-refractivity contribution in [1.29, 1.82) is 0 Å². The second kappa shape index (κ2) is 9.50. The molecule has 0 atom stereocenters. The van der Waals surface area contributed by atoms with Crippen molar-refractivity contribution >= 4 is 34.0 Å². The molecule has 2 aliphatic rings. The lowest BCUT2D eigenvalue weighted by molar-refractivity contribution is -0.117. The number of rotatable bonds is 7. The van der Waals surface area contributed by atoms with Crippen molar-refractivity contribution in [2.75, 3.05) is 30.5 Å². The summed E-state index contributed by atoms with van der Waals surface area (Å²) in [4.78, 5) is 28.3. The summed E-state index contributed by atoms with van der Waals surface area (Å²) in [5.74, 6) is 2.13. The lowest BCUT2D eigenvalue weighted by Crippen LogP contribution is -2.18. The molecule has 0 spiro atoms. The number of fused-ring (bicyclic) bond motifs is 2. The summed E-state index contributed by atoms with van der Waals surface area (Å²) in [6.07, 6.45) is 2.12. The van der Waals surface area contributed by atoms with Gasteiger partial charge in [0, 0.05) is 29.5 Å². The number of aryl methyl sites for hydroxylation is 1. The van der Waals surface area contributed by atoms with Crippen molar-refractivity contribution in [3.05, 3.63) is 47.3 Å². The molecule has 1 aromatic heterocycles. The molecule has 0 fully saturated rings. The molecule has 2 aliphatic heterocycles. The Bertz CT molecular complexity index is 1190. The van der Waals surface area contributed by atoms with E-state index in [0.717, 1.165) is 34.0 Å². The highest BCUT2D eigenvalue weighted by Crippen LogP contribution is 2.35. The molecule has 5 rings (SSSR count). The number of amides is 2. The van der Waals surface area contributed by atoms with Crippen molar-refractivity contribution in [1.82, 2.24) is 4.98 Å². The number of thiazole rings is 1. The number of aromatic nitrogens is 1. The Labute approximate surface area is 194 Å². The van der Waals surface area contributed by atoms with Crippen LogP contribution in [0.2, 0.25) is 0 Å². The second-order valence-corrected chi connectivity index (χ2v) is 8.62. The number of nitrogens with zero attached hydrogens (tertiary/aromatic N) is 1. The Morgan fingerprint density at radius 2 is 2.00 bits per heavy atom. The zero-order chi connectivity index (χ0) is 22.6. The lowest BCUT2D eigenvalue weighted by atomic mass is 10.0. The molecule has 2 aromatic carbocycles. The fourth-order valence-corrected chi connectivity index (χ4v) is 4.46.